The number of hydrogen-bond acceptors (Lipinski definition) is 5. The molecule has 7 unspecified atom stereocenters. The van der Waals surface area contributed by atoms with Crippen LogP contribution in [0.25, 0.3) is 0 Å². The first-order valence-electron chi connectivity index (χ1n) is 15.6. The Bertz CT molecular complexity index is 1070. The summed E-state index contributed by atoms with van der Waals surface area (Å²) in [5, 5.41) is 12.6. The quantitative estimate of drug-likeness (QED) is 0.222. The van der Waals surface area contributed by atoms with Crippen LogP contribution in [0.5, 0.6) is 0 Å². The Balaban J connectivity index is 0.000000983. The number of fused-ring (bicyclic) bond motifs is 7. The second-order valence-corrected chi connectivity index (χ2v) is 17.0. The lowest BCUT2D eigenvalue weighted by atomic mass is 9.33. The van der Waals surface area contributed by atoms with Crippen molar-refractivity contribution >= 4 is 29.6 Å². The molecule has 1 aromatic heterocycles. The average Bonchev–Trinajstić information content (AvgIpc) is 3.53. The number of rotatable bonds is 4. The molecule has 4 saturated carbocycles. The molecule has 218 valence electrons. The number of thiophene rings is 1. The van der Waals surface area contributed by atoms with E-state index in [4.69, 9.17) is 0 Å². The van der Waals surface area contributed by atoms with E-state index >= 15 is 0 Å². The highest BCUT2D eigenvalue weighted by molar-refractivity contribution is 7.97. The molecular formula is C34H53NO2S2. The van der Waals surface area contributed by atoms with Crippen molar-refractivity contribution < 1.29 is 9.90 Å². The number of aliphatic hydroxyl groups excluding tert-OH is 1. The van der Waals surface area contributed by atoms with Crippen molar-refractivity contribution in [2.24, 2.45) is 45.3 Å². The predicted octanol–water partition coefficient (Wildman–Crippen LogP) is 9.27. The van der Waals surface area contributed by atoms with Gasteiger partial charge in [0.25, 0.3) is 0 Å². The van der Waals surface area contributed by atoms with E-state index in [9.17, 15) is 9.90 Å². The first kappa shape index (κ1) is 29.9. The Morgan fingerprint density at radius 1 is 1.00 bits per heavy atom. The van der Waals surface area contributed by atoms with Crippen LogP contribution < -0.4 is 0 Å². The fraction of sp³-hybridized carbons (Fsp3) is 0.794. The number of aldehydes is 1. The summed E-state index contributed by atoms with van der Waals surface area (Å²) in [4.78, 5) is 13.6. The number of carbonyl (C=O) groups excluding carboxylic acids is 1. The van der Waals surface area contributed by atoms with E-state index in [0.717, 1.165) is 40.4 Å². The van der Waals surface area contributed by atoms with Crippen LogP contribution in [0.2, 0.25) is 0 Å². The van der Waals surface area contributed by atoms with Gasteiger partial charge in [0.05, 0.1) is 4.88 Å². The molecule has 8 atom stereocenters. The van der Waals surface area contributed by atoms with Crippen LogP contribution in [0.3, 0.4) is 0 Å². The maximum Gasteiger partial charge on any atom is 0.161 e. The van der Waals surface area contributed by atoms with Crippen molar-refractivity contribution in [2.45, 2.75) is 116 Å². The topological polar surface area (TPSA) is 40.5 Å². The summed E-state index contributed by atoms with van der Waals surface area (Å²) < 4.78 is 2.62. The van der Waals surface area contributed by atoms with Crippen LogP contribution in [-0.2, 0) is 0 Å². The minimum Gasteiger partial charge on any atom is -0.396 e. The van der Waals surface area contributed by atoms with Gasteiger partial charge in [-0.2, -0.15) is 0 Å². The van der Waals surface area contributed by atoms with Crippen LogP contribution >= 0.6 is 23.3 Å². The van der Waals surface area contributed by atoms with E-state index in [2.05, 4.69) is 56.9 Å². The lowest BCUT2D eigenvalue weighted by Gasteiger charge is -2.73. The summed E-state index contributed by atoms with van der Waals surface area (Å²) in [7, 11) is 0. The molecule has 0 bridgehead atoms. The summed E-state index contributed by atoms with van der Waals surface area (Å²) in [5.41, 5.74) is 1.51. The van der Waals surface area contributed by atoms with Crippen molar-refractivity contribution in [1.29, 1.82) is 0 Å². The Hall–Kier alpha value is -0.620. The fourth-order valence-electron chi connectivity index (χ4n) is 11.4. The Kier molecular flexibility index (Phi) is 8.10. The second-order valence-electron chi connectivity index (χ2n) is 15.0. The molecule has 4 aliphatic carbocycles. The predicted molar refractivity (Wildman–Crippen MR) is 166 cm³/mol. The third-order valence-electron chi connectivity index (χ3n) is 13.4. The highest BCUT2D eigenvalue weighted by atomic mass is 32.2. The van der Waals surface area contributed by atoms with E-state index in [1.807, 2.05) is 18.9 Å². The molecule has 0 spiro atoms. The third-order valence-corrected chi connectivity index (χ3v) is 15.8. The van der Waals surface area contributed by atoms with Crippen molar-refractivity contribution in [2.75, 3.05) is 13.2 Å². The highest BCUT2D eigenvalue weighted by Gasteiger charge is 2.69. The number of aliphatic hydroxyl groups is 1. The first-order chi connectivity index (χ1) is 18.5. The molecule has 2 heterocycles. The van der Waals surface area contributed by atoms with Gasteiger partial charge in [0, 0.05) is 23.6 Å². The van der Waals surface area contributed by atoms with Crippen molar-refractivity contribution in [3.05, 3.63) is 29.0 Å². The SMILES string of the molecule is C=CC.CC12CCN(Sc3ccsc3C=O)C(C)(C)C1CCC1(C)C2CCC2C3CCCC3(CO)CC[C@]21C. The molecule has 1 aromatic rings. The van der Waals surface area contributed by atoms with Crippen LogP contribution in [0.15, 0.2) is 29.0 Å². The number of nitrogens with zero attached hydrogens (tertiary/aromatic N) is 1. The van der Waals surface area contributed by atoms with Crippen molar-refractivity contribution in [3.8, 4) is 0 Å². The molecule has 1 aliphatic heterocycles. The normalized spacial score (nSPS) is 44.6. The van der Waals surface area contributed by atoms with Gasteiger partial charge in [-0.05, 0) is 147 Å². The number of carbonyl (C=O) groups is 1. The van der Waals surface area contributed by atoms with E-state index in [1.165, 1.54) is 64.2 Å². The number of piperidine rings is 1. The van der Waals surface area contributed by atoms with Gasteiger partial charge < -0.3 is 5.11 Å². The molecule has 1 N–H and O–H groups in total. The second kappa shape index (κ2) is 10.6. The molecule has 5 heteroatoms. The molecule has 5 aliphatic rings. The monoisotopic (exact) mass is 571 g/mol. The van der Waals surface area contributed by atoms with Crippen LogP contribution in [-0.4, -0.2) is 34.4 Å². The zero-order valence-corrected chi connectivity index (χ0v) is 27.1. The summed E-state index contributed by atoms with van der Waals surface area (Å²) in [6.45, 7) is 19.8. The lowest BCUT2D eigenvalue weighted by Crippen LogP contribution is -2.68. The Morgan fingerprint density at radius 2 is 1.74 bits per heavy atom. The van der Waals surface area contributed by atoms with Gasteiger partial charge in [-0.3, -0.25) is 4.79 Å². The van der Waals surface area contributed by atoms with Gasteiger partial charge in [-0.15, -0.1) is 17.9 Å². The van der Waals surface area contributed by atoms with Gasteiger partial charge in [0.15, 0.2) is 6.29 Å². The van der Waals surface area contributed by atoms with Gasteiger partial charge in [-0.1, -0.05) is 33.3 Å². The minimum absolute atomic E-state index is 0.100. The van der Waals surface area contributed by atoms with E-state index in [-0.39, 0.29) is 11.0 Å². The zero-order valence-electron chi connectivity index (χ0n) is 25.4. The third kappa shape index (κ3) is 4.29. The van der Waals surface area contributed by atoms with Gasteiger partial charge in [-0.25, -0.2) is 4.31 Å². The van der Waals surface area contributed by atoms with E-state index < -0.39 is 0 Å². The van der Waals surface area contributed by atoms with Gasteiger partial charge >= 0.3 is 0 Å². The molecule has 0 amide bonds. The molecule has 39 heavy (non-hydrogen) atoms. The number of hydrogen-bond donors (Lipinski definition) is 1. The van der Waals surface area contributed by atoms with Gasteiger partial charge in [0.2, 0.25) is 0 Å². The van der Waals surface area contributed by atoms with Crippen LogP contribution in [0.4, 0.5) is 0 Å². The summed E-state index contributed by atoms with van der Waals surface area (Å²) >= 11 is 3.39. The molecule has 1 saturated heterocycles. The molecule has 6 rings (SSSR count). The van der Waals surface area contributed by atoms with Crippen molar-refractivity contribution in [1.82, 2.24) is 4.31 Å². The number of allylic oxidation sites excluding steroid dienone is 1. The van der Waals surface area contributed by atoms with Crippen molar-refractivity contribution in [3.63, 3.8) is 0 Å². The average molecular weight is 572 g/mol. The minimum atomic E-state index is 0.100. The maximum atomic E-state index is 11.6. The maximum absolute atomic E-state index is 11.6. The zero-order chi connectivity index (χ0) is 28.3. The molecule has 0 aromatic carbocycles. The standard InChI is InChI=1S/C31H47NO2S2.C3H6/c1-27(2)25-10-13-30(5)26(28(25,3)16-17-32(27)36-23-11-18-35-24(23)19-33)9-8-21-22-7-6-12-31(22,20-34)15-14-29(21,30)4;1-3-2/h11,18-19,21-22,25-26,34H,6-10,12-17,20H2,1-5H3;3H,1H2,2H3/t21?,22?,25?,26?,28?,29-,30?,31?;/m1./s1. The molecular weight excluding hydrogens is 519 g/mol. The van der Waals surface area contributed by atoms with Gasteiger partial charge in [0.1, 0.15) is 0 Å². The molecule has 0 radical (unpaired) electrons. The van der Waals surface area contributed by atoms with E-state index in [0.29, 0.717) is 28.8 Å². The summed E-state index contributed by atoms with van der Waals surface area (Å²) in [6.07, 6.45) is 16.0. The van der Waals surface area contributed by atoms with E-state index in [1.54, 1.807) is 17.4 Å². The molecule has 5 fully saturated rings. The smallest absolute Gasteiger partial charge is 0.161 e. The lowest BCUT2D eigenvalue weighted by molar-refractivity contribution is -0.235. The van der Waals surface area contributed by atoms with Crippen LogP contribution in [0, 0.1) is 45.3 Å². The Morgan fingerprint density at radius 3 is 2.44 bits per heavy atom. The Labute approximate surface area is 246 Å². The molecule has 3 nitrogen and oxygen atoms in total. The summed E-state index contributed by atoms with van der Waals surface area (Å²) in [6, 6.07) is 2.13. The highest BCUT2D eigenvalue weighted by Crippen LogP contribution is 2.76. The van der Waals surface area contributed by atoms with Crippen LogP contribution in [0.1, 0.15) is 115 Å². The first-order valence-corrected chi connectivity index (χ1v) is 17.3. The largest absolute Gasteiger partial charge is 0.396 e. The fourth-order valence-corrected chi connectivity index (χ4v) is 13.4. The summed E-state index contributed by atoms with van der Waals surface area (Å²) in [5.74, 6) is 3.00.